The zero-order chi connectivity index (χ0) is 12.0. The Morgan fingerprint density at radius 3 is 2.75 bits per heavy atom. The first kappa shape index (κ1) is 13.2. The number of aromatic nitrogens is 3. The molecule has 4 nitrogen and oxygen atoms in total. The van der Waals surface area contributed by atoms with Gasteiger partial charge in [-0.15, -0.1) is 0 Å². The van der Waals surface area contributed by atoms with Crippen LogP contribution < -0.4 is 5.32 Å². The Bertz CT molecular complexity index is 293. The fourth-order valence-electron chi connectivity index (χ4n) is 1.63. The highest BCUT2D eigenvalue weighted by Gasteiger charge is 2.06. The van der Waals surface area contributed by atoms with Crippen molar-refractivity contribution in [3.8, 4) is 0 Å². The zero-order valence-electron chi connectivity index (χ0n) is 10.9. The molecule has 0 aromatic carbocycles. The summed E-state index contributed by atoms with van der Waals surface area (Å²) < 4.78 is 1.97. The first-order valence-electron chi connectivity index (χ1n) is 6.24. The van der Waals surface area contributed by atoms with Gasteiger partial charge in [-0.3, -0.25) is 0 Å². The highest BCUT2D eigenvalue weighted by Crippen LogP contribution is 2.10. The molecule has 1 heterocycles. The molecular weight excluding hydrogens is 200 g/mol. The van der Waals surface area contributed by atoms with Crippen LogP contribution >= 0.6 is 0 Å². The molecule has 0 aliphatic rings. The van der Waals surface area contributed by atoms with Gasteiger partial charge in [-0.25, -0.2) is 9.67 Å². The second kappa shape index (κ2) is 6.63. The minimum absolute atomic E-state index is 0.455. The second-order valence-electron chi connectivity index (χ2n) is 4.80. The molecule has 1 unspecified atom stereocenters. The molecule has 1 rings (SSSR count). The van der Waals surface area contributed by atoms with Crippen LogP contribution in [0.25, 0.3) is 0 Å². The van der Waals surface area contributed by atoms with Crippen molar-refractivity contribution in [2.24, 2.45) is 5.92 Å². The van der Waals surface area contributed by atoms with E-state index in [0.29, 0.717) is 12.0 Å². The van der Waals surface area contributed by atoms with Crippen molar-refractivity contribution in [2.45, 2.75) is 53.1 Å². The maximum Gasteiger partial charge on any atom is 0.164 e. The van der Waals surface area contributed by atoms with Gasteiger partial charge in [0.1, 0.15) is 6.33 Å². The summed E-state index contributed by atoms with van der Waals surface area (Å²) in [4.78, 5) is 4.31. The Morgan fingerprint density at radius 1 is 1.38 bits per heavy atom. The lowest BCUT2D eigenvalue weighted by molar-refractivity contribution is 0.448. The van der Waals surface area contributed by atoms with Gasteiger partial charge in [0.05, 0.1) is 12.6 Å². The summed E-state index contributed by atoms with van der Waals surface area (Å²) in [5.74, 6) is 1.56. The van der Waals surface area contributed by atoms with E-state index in [-0.39, 0.29) is 0 Å². The van der Waals surface area contributed by atoms with Crippen molar-refractivity contribution < 1.29 is 0 Å². The summed E-state index contributed by atoms with van der Waals surface area (Å²) >= 11 is 0. The van der Waals surface area contributed by atoms with Crippen LogP contribution in [0.2, 0.25) is 0 Å². The Balaban J connectivity index is 2.39. The van der Waals surface area contributed by atoms with Crippen molar-refractivity contribution >= 4 is 0 Å². The minimum Gasteiger partial charge on any atom is -0.310 e. The molecule has 0 spiro atoms. The molecule has 1 aromatic heterocycles. The molecule has 0 saturated carbocycles. The Hall–Kier alpha value is -0.900. The third kappa shape index (κ3) is 4.31. The minimum atomic E-state index is 0.455. The summed E-state index contributed by atoms with van der Waals surface area (Å²) in [6.45, 7) is 10.6. The summed E-state index contributed by atoms with van der Waals surface area (Å²) in [6, 6.07) is 0.455. The predicted octanol–water partition coefficient (Wildman–Crippen LogP) is 2.38. The van der Waals surface area contributed by atoms with Crippen LogP contribution in [0.1, 0.15) is 52.4 Å². The summed E-state index contributed by atoms with van der Waals surface area (Å²) in [7, 11) is 0. The van der Waals surface area contributed by atoms with Crippen LogP contribution in [0, 0.1) is 5.92 Å². The van der Waals surface area contributed by atoms with Gasteiger partial charge in [-0.05, 0) is 25.8 Å². The van der Waals surface area contributed by atoms with Gasteiger partial charge in [0.25, 0.3) is 0 Å². The Morgan fingerprint density at radius 2 is 2.12 bits per heavy atom. The average molecular weight is 224 g/mol. The Labute approximate surface area is 98.5 Å². The van der Waals surface area contributed by atoms with Crippen molar-refractivity contribution in [2.75, 3.05) is 6.54 Å². The molecule has 92 valence electrons. The van der Waals surface area contributed by atoms with E-state index in [2.05, 4.69) is 43.1 Å². The summed E-state index contributed by atoms with van der Waals surface area (Å²) in [6.07, 6.45) is 4.18. The first-order chi connectivity index (χ1) is 7.63. The lowest BCUT2D eigenvalue weighted by atomic mass is 10.2. The van der Waals surface area contributed by atoms with E-state index in [1.165, 1.54) is 6.42 Å². The predicted molar refractivity (Wildman–Crippen MR) is 66.2 cm³/mol. The number of rotatable bonds is 7. The van der Waals surface area contributed by atoms with Crippen LogP contribution in [-0.4, -0.2) is 21.3 Å². The van der Waals surface area contributed by atoms with E-state index < -0.39 is 0 Å². The van der Waals surface area contributed by atoms with Crippen molar-refractivity contribution in [3.05, 3.63) is 12.2 Å². The van der Waals surface area contributed by atoms with Gasteiger partial charge in [-0.1, -0.05) is 27.2 Å². The van der Waals surface area contributed by atoms with Gasteiger partial charge in [0.15, 0.2) is 5.82 Å². The molecule has 16 heavy (non-hydrogen) atoms. The maximum atomic E-state index is 4.47. The quantitative estimate of drug-likeness (QED) is 0.773. The monoisotopic (exact) mass is 224 g/mol. The molecule has 0 amide bonds. The van der Waals surface area contributed by atoms with Crippen molar-refractivity contribution in [1.29, 1.82) is 0 Å². The van der Waals surface area contributed by atoms with Gasteiger partial charge in [-0.2, -0.15) is 5.10 Å². The molecule has 1 aromatic rings. The second-order valence-corrected chi connectivity index (χ2v) is 4.80. The third-order valence-corrected chi connectivity index (χ3v) is 2.55. The highest BCUT2D eigenvalue weighted by molar-refractivity contribution is 4.82. The van der Waals surface area contributed by atoms with Crippen LogP contribution in [0.3, 0.4) is 0 Å². The molecule has 0 aliphatic carbocycles. The number of nitrogens with zero attached hydrogens (tertiary/aromatic N) is 3. The standard InChI is InChI=1S/C12H24N4/c1-5-6-11(4)16-9-14-12(15-16)8-13-7-10(2)3/h9-11,13H,5-8H2,1-4H3. The van der Waals surface area contributed by atoms with Crippen LogP contribution in [0.15, 0.2) is 6.33 Å². The zero-order valence-corrected chi connectivity index (χ0v) is 10.9. The fraction of sp³-hybridized carbons (Fsp3) is 0.833. The molecule has 4 heteroatoms. The van der Waals surface area contributed by atoms with Crippen LogP contribution in [0.5, 0.6) is 0 Å². The molecular formula is C12H24N4. The highest BCUT2D eigenvalue weighted by atomic mass is 15.3. The van der Waals surface area contributed by atoms with Gasteiger partial charge < -0.3 is 5.32 Å². The topological polar surface area (TPSA) is 42.7 Å². The normalized spacial score (nSPS) is 13.3. The molecule has 1 N–H and O–H groups in total. The van der Waals surface area contributed by atoms with E-state index in [0.717, 1.165) is 25.3 Å². The van der Waals surface area contributed by atoms with E-state index >= 15 is 0 Å². The average Bonchev–Trinajstić information content (AvgIpc) is 2.66. The molecule has 1 atom stereocenters. The first-order valence-corrected chi connectivity index (χ1v) is 6.24. The smallest absolute Gasteiger partial charge is 0.164 e. The van der Waals surface area contributed by atoms with Crippen LogP contribution in [0.4, 0.5) is 0 Å². The molecule has 0 bridgehead atoms. The van der Waals surface area contributed by atoms with Crippen LogP contribution in [-0.2, 0) is 6.54 Å². The molecule has 0 fully saturated rings. The fourth-order valence-corrected chi connectivity index (χ4v) is 1.63. The number of hydrogen-bond acceptors (Lipinski definition) is 3. The van der Waals surface area contributed by atoms with E-state index in [4.69, 9.17) is 0 Å². The lowest BCUT2D eigenvalue weighted by Gasteiger charge is -2.09. The number of nitrogens with one attached hydrogen (secondary N) is 1. The number of hydrogen-bond donors (Lipinski definition) is 1. The van der Waals surface area contributed by atoms with E-state index in [9.17, 15) is 0 Å². The van der Waals surface area contributed by atoms with Crippen molar-refractivity contribution in [3.63, 3.8) is 0 Å². The largest absolute Gasteiger partial charge is 0.310 e. The SMILES string of the molecule is CCCC(C)n1cnc(CNCC(C)C)n1. The van der Waals surface area contributed by atoms with Gasteiger partial charge >= 0.3 is 0 Å². The molecule has 0 saturated heterocycles. The lowest BCUT2D eigenvalue weighted by Crippen LogP contribution is -2.20. The van der Waals surface area contributed by atoms with E-state index in [1.54, 1.807) is 0 Å². The molecule has 0 aliphatic heterocycles. The Kier molecular flexibility index (Phi) is 5.46. The summed E-state index contributed by atoms with van der Waals surface area (Å²) in [5.41, 5.74) is 0. The van der Waals surface area contributed by atoms with E-state index in [1.807, 2.05) is 11.0 Å². The third-order valence-electron chi connectivity index (χ3n) is 2.55. The summed E-state index contributed by atoms with van der Waals surface area (Å²) in [5, 5.41) is 7.82. The van der Waals surface area contributed by atoms with Gasteiger partial charge in [0.2, 0.25) is 0 Å². The van der Waals surface area contributed by atoms with Crippen molar-refractivity contribution in [1.82, 2.24) is 20.1 Å². The molecule has 0 radical (unpaired) electrons. The maximum absolute atomic E-state index is 4.47. The van der Waals surface area contributed by atoms with Gasteiger partial charge in [0, 0.05) is 0 Å².